The molecular weight excluding hydrogens is 266 g/mol. The maximum Gasteiger partial charge on any atom is 0.239 e. The molecule has 0 bridgehead atoms. The smallest absolute Gasteiger partial charge is 0.239 e. The van der Waals surface area contributed by atoms with Crippen LogP contribution in [-0.4, -0.2) is 18.4 Å². The Kier molecular flexibility index (Phi) is 5.48. The first-order valence-corrected chi connectivity index (χ1v) is 6.88. The quantitative estimate of drug-likeness (QED) is 0.815. The van der Waals surface area contributed by atoms with Gasteiger partial charge in [-0.3, -0.25) is 9.59 Å². The van der Waals surface area contributed by atoms with E-state index in [4.69, 9.17) is 5.26 Å². The number of amides is 2. The molecule has 5 heteroatoms. The molecule has 112 valence electrons. The van der Waals surface area contributed by atoms with Gasteiger partial charge in [-0.2, -0.15) is 5.26 Å². The predicted molar refractivity (Wildman–Crippen MR) is 81.4 cm³/mol. The number of benzene rings is 1. The molecule has 1 aromatic rings. The fraction of sp³-hybridized carbons (Fsp3) is 0.438. The molecule has 1 aromatic carbocycles. The van der Waals surface area contributed by atoms with Gasteiger partial charge in [-0.1, -0.05) is 26.0 Å². The van der Waals surface area contributed by atoms with Crippen molar-refractivity contribution in [2.45, 2.75) is 27.7 Å². The number of rotatable bonds is 5. The lowest BCUT2D eigenvalue weighted by Gasteiger charge is -2.23. The van der Waals surface area contributed by atoms with Crippen LogP contribution in [0.5, 0.6) is 0 Å². The van der Waals surface area contributed by atoms with Gasteiger partial charge in [-0.25, -0.2) is 0 Å². The van der Waals surface area contributed by atoms with Crippen LogP contribution in [0, 0.1) is 22.7 Å². The molecule has 0 saturated carbocycles. The van der Waals surface area contributed by atoms with Gasteiger partial charge < -0.3 is 10.6 Å². The summed E-state index contributed by atoms with van der Waals surface area (Å²) in [6, 6.07) is 8.70. The second-order valence-electron chi connectivity index (χ2n) is 5.84. The first-order valence-electron chi connectivity index (χ1n) is 6.88. The lowest BCUT2D eigenvalue weighted by Crippen LogP contribution is -2.46. The molecule has 21 heavy (non-hydrogen) atoms. The second-order valence-corrected chi connectivity index (χ2v) is 5.84. The second kappa shape index (κ2) is 6.89. The molecule has 0 saturated heterocycles. The Morgan fingerprint density at radius 1 is 1.24 bits per heavy atom. The van der Waals surface area contributed by atoms with Crippen LogP contribution in [-0.2, 0) is 9.59 Å². The summed E-state index contributed by atoms with van der Waals surface area (Å²) in [6.07, 6.45) is 0. The van der Waals surface area contributed by atoms with E-state index in [9.17, 15) is 9.59 Å². The number of anilines is 1. The summed E-state index contributed by atoms with van der Waals surface area (Å²) in [5, 5.41) is 14.4. The van der Waals surface area contributed by atoms with Crippen molar-refractivity contribution in [1.29, 1.82) is 5.26 Å². The molecule has 0 fully saturated rings. The van der Waals surface area contributed by atoms with Crippen molar-refractivity contribution < 1.29 is 9.59 Å². The van der Waals surface area contributed by atoms with Gasteiger partial charge in [-0.05, 0) is 31.9 Å². The molecular formula is C16H21N3O2. The van der Waals surface area contributed by atoms with Gasteiger partial charge in [0.05, 0.1) is 11.3 Å². The Balaban J connectivity index is 2.82. The standard InChI is InChI=1S/C16H21N3O2/c1-11(2)10-18-14(20)16(3,4)15(21)19-13-8-6-5-7-12(13)9-17/h5-8,11H,10H2,1-4H3,(H,18,20)(H,19,21). The van der Waals surface area contributed by atoms with Crippen molar-refractivity contribution in [2.24, 2.45) is 11.3 Å². The van der Waals surface area contributed by atoms with E-state index >= 15 is 0 Å². The number of nitrogens with one attached hydrogen (secondary N) is 2. The lowest BCUT2D eigenvalue weighted by molar-refractivity contribution is -0.138. The molecule has 0 aliphatic heterocycles. The summed E-state index contributed by atoms with van der Waals surface area (Å²) in [5.74, 6) is -0.457. The molecule has 0 heterocycles. The van der Waals surface area contributed by atoms with E-state index in [2.05, 4.69) is 10.6 Å². The molecule has 0 aromatic heterocycles. The number of hydrogen-bond donors (Lipinski definition) is 2. The Bertz CT molecular complexity index is 571. The van der Waals surface area contributed by atoms with Gasteiger partial charge in [0.2, 0.25) is 11.8 Å². The topological polar surface area (TPSA) is 82.0 Å². The van der Waals surface area contributed by atoms with E-state index in [1.54, 1.807) is 38.1 Å². The molecule has 5 nitrogen and oxygen atoms in total. The van der Waals surface area contributed by atoms with Crippen molar-refractivity contribution in [3.63, 3.8) is 0 Å². The summed E-state index contributed by atoms with van der Waals surface area (Å²) >= 11 is 0. The van der Waals surface area contributed by atoms with Crippen molar-refractivity contribution in [3.05, 3.63) is 29.8 Å². The monoisotopic (exact) mass is 287 g/mol. The number of carbonyl (C=O) groups excluding carboxylic acids is 2. The van der Waals surface area contributed by atoms with Crippen LogP contribution >= 0.6 is 0 Å². The lowest BCUT2D eigenvalue weighted by atomic mass is 9.90. The maximum atomic E-state index is 12.3. The average molecular weight is 287 g/mol. The van der Waals surface area contributed by atoms with E-state index in [1.165, 1.54) is 0 Å². The zero-order valence-electron chi connectivity index (χ0n) is 12.9. The number of carbonyl (C=O) groups is 2. The van der Waals surface area contributed by atoms with E-state index in [0.717, 1.165) is 0 Å². The number of nitrogens with zero attached hydrogens (tertiary/aromatic N) is 1. The molecule has 0 atom stereocenters. The van der Waals surface area contributed by atoms with Gasteiger partial charge in [0.15, 0.2) is 0 Å². The van der Waals surface area contributed by atoms with Gasteiger partial charge in [0.25, 0.3) is 0 Å². The van der Waals surface area contributed by atoms with Crippen LogP contribution in [0.1, 0.15) is 33.3 Å². The van der Waals surface area contributed by atoms with Gasteiger partial charge in [0.1, 0.15) is 11.5 Å². The highest BCUT2D eigenvalue weighted by atomic mass is 16.2. The minimum atomic E-state index is -1.21. The number of nitriles is 1. The highest BCUT2D eigenvalue weighted by Gasteiger charge is 2.36. The van der Waals surface area contributed by atoms with Crippen molar-refractivity contribution in [3.8, 4) is 6.07 Å². The van der Waals surface area contributed by atoms with Crippen molar-refractivity contribution >= 4 is 17.5 Å². The third-order valence-electron chi connectivity index (χ3n) is 3.10. The first-order chi connectivity index (χ1) is 9.78. The highest BCUT2D eigenvalue weighted by Crippen LogP contribution is 2.21. The molecule has 2 amide bonds. The molecule has 1 rings (SSSR count). The molecule has 0 radical (unpaired) electrons. The Morgan fingerprint density at radius 3 is 2.43 bits per heavy atom. The fourth-order valence-electron chi connectivity index (χ4n) is 1.59. The van der Waals surface area contributed by atoms with Gasteiger partial charge >= 0.3 is 0 Å². The fourth-order valence-corrected chi connectivity index (χ4v) is 1.59. The van der Waals surface area contributed by atoms with Crippen LogP contribution in [0.4, 0.5) is 5.69 Å². The first kappa shape index (κ1) is 16.7. The maximum absolute atomic E-state index is 12.3. The largest absolute Gasteiger partial charge is 0.355 e. The SMILES string of the molecule is CC(C)CNC(=O)C(C)(C)C(=O)Nc1ccccc1C#N. The molecule has 0 unspecified atom stereocenters. The van der Waals surface area contributed by atoms with E-state index in [0.29, 0.717) is 23.7 Å². The van der Waals surface area contributed by atoms with Crippen molar-refractivity contribution in [1.82, 2.24) is 5.32 Å². The average Bonchev–Trinajstić information content (AvgIpc) is 2.44. The van der Waals surface area contributed by atoms with E-state index < -0.39 is 11.3 Å². The Labute approximate surface area is 125 Å². The van der Waals surface area contributed by atoms with Gasteiger partial charge in [-0.15, -0.1) is 0 Å². The van der Waals surface area contributed by atoms with Crippen LogP contribution in [0.25, 0.3) is 0 Å². The molecule has 0 aliphatic rings. The normalized spacial score (nSPS) is 10.9. The number of hydrogen-bond acceptors (Lipinski definition) is 3. The van der Waals surface area contributed by atoms with Gasteiger partial charge in [0, 0.05) is 6.54 Å². The summed E-state index contributed by atoms with van der Waals surface area (Å²) < 4.78 is 0. The minimum absolute atomic E-state index is 0.312. The Hall–Kier alpha value is -2.35. The third kappa shape index (κ3) is 4.32. The summed E-state index contributed by atoms with van der Waals surface area (Å²) in [7, 11) is 0. The minimum Gasteiger partial charge on any atom is -0.355 e. The van der Waals surface area contributed by atoms with Crippen molar-refractivity contribution in [2.75, 3.05) is 11.9 Å². The van der Waals surface area contributed by atoms with Crippen LogP contribution in [0.3, 0.4) is 0 Å². The highest BCUT2D eigenvalue weighted by molar-refractivity contribution is 6.10. The Morgan fingerprint density at radius 2 is 1.86 bits per heavy atom. The summed E-state index contributed by atoms with van der Waals surface area (Å²) in [5.41, 5.74) is -0.434. The zero-order chi connectivity index (χ0) is 16.0. The van der Waals surface area contributed by atoms with E-state index in [1.807, 2.05) is 19.9 Å². The van der Waals surface area contributed by atoms with Crippen LogP contribution in [0.15, 0.2) is 24.3 Å². The molecule has 0 spiro atoms. The molecule has 2 N–H and O–H groups in total. The predicted octanol–water partition coefficient (Wildman–Crippen LogP) is 2.30. The molecule has 0 aliphatic carbocycles. The van der Waals surface area contributed by atoms with E-state index in [-0.39, 0.29) is 5.91 Å². The summed E-state index contributed by atoms with van der Waals surface area (Å²) in [4.78, 5) is 24.4. The van der Waals surface area contributed by atoms with Crippen LogP contribution < -0.4 is 10.6 Å². The number of para-hydroxylation sites is 1. The zero-order valence-corrected chi connectivity index (χ0v) is 12.9. The van der Waals surface area contributed by atoms with Crippen LogP contribution in [0.2, 0.25) is 0 Å². The third-order valence-corrected chi connectivity index (χ3v) is 3.10. The summed E-state index contributed by atoms with van der Waals surface area (Å²) in [6.45, 7) is 7.61.